The van der Waals surface area contributed by atoms with E-state index in [1.807, 2.05) is 49.4 Å². The maximum Gasteiger partial charge on any atom is 0.315 e. The zero-order chi connectivity index (χ0) is 19.3. The van der Waals surface area contributed by atoms with Crippen LogP contribution in [0.15, 0.2) is 53.1 Å². The summed E-state index contributed by atoms with van der Waals surface area (Å²) in [5, 5.41) is 6.88. The SMILES string of the molecule is C[C@H](NC(=O)NCc1cccnc1N1CCOCC1)c1cc2ccccc2o1. The molecule has 0 spiro atoms. The lowest BCUT2D eigenvalue weighted by molar-refractivity contribution is 0.122. The van der Waals surface area contributed by atoms with Crippen molar-refractivity contribution in [3.8, 4) is 0 Å². The van der Waals surface area contributed by atoms with E-state index in [1.165, 1.54) is 0 Å². The number of carbonyl (C=O) groups excluding carboxylic acids is 1. The number of hydrogen-bond donors (Lipinski definition) is 2. The van der Waals surface area contributed by atoms with Gasteiger partial charge in [0.1, 0.15) is 17.2 Å². The molecule has 0 radical (unpaired) electrons. The van der Waals surface area contributed by atoms with Crippen LogP contribution in [-0.2, 0) is 11.3 Å². The minimum atomic E-state index is -0.246. The summed E-state index contributed by atoms with van der Waals surface area (Å²) in [6.07, 6.45) is 1.78. The van der Waals surface area contributed by atoms with Gasteiger partial charge >= 0.3 is 6.03 Å². The summed E-state index contributed by atoms with van der Waals surface area (Å²) < 4.78 is 11.2. The van der Waals surface area contributed by atoms with Gasteiger partial charge in [-0.1, -0.05) is 24.3 Å². The lowest BCUT2D eigenvalue weighted by atomic mass is 10.2. The summed E-state index contributed by atoms with van der Waals surface area (Å²) >= 11 is 0. The highest BCUT2D eigenvalue weighted by Crippen LogP contribution is 2.23. The number of furan rings is 1. The van der Waals surface area contributed by atoms with Crippen molar-refractivity contribution in [2.24, 2.45) is 0 Å². The average Bonchev–Trinajstić information content (AvgIpc) is 3.18. The minimum Gasteiger partial charge on any atom is -0.459 e. The number of para-hydroxylation sites is 1. The lowest BCUT2D eigenvalue weighted by Gasteiger charge is -2.29. The second kappa shape index (κ2) is 8.31. The first-order chi connectivity index (χ1) is 13.7. The molecule has 7 nitrogen and oxygen atoms in total. The third-order valence-corrected chi connectivity index (χ3v) is 4.84. The van der Waals surface area contributed by atoms with E-state index in [9.17, 15) is 4.79 Å². The molecule has 1 fully saturated rings. The van der Waals surface area contributed by atoms with Crippen LogP contribution in [0.5, 0.6) is 0 Å². The van der Waals surface area contributed by atoms with E-state index in [0.29, 0.717) is 19.8 Å². The van der Waals surface area contributed by atoms with Crippen LogP contribution in [0, 0.1) is 0 Å². The van der Waals surface area contributed by atoms with Crippen molar-refractivity contribution in [3.05, 3.63) is 60.0 Å². The molecule has 0 aliphatic carbocycles. The number of rotatable bonds is 5. The normalized spacial score (nSPS) is 15.4. The largest absolute Gasteiger partial charge is 0.459 e. The van der Waals surface area contributed by atoms with Gasteiger partial charge in [-0.2, -0.15) is 0 Å². The van der Waals surface area contributed by atoms with Crippen LogP contribution in [0.25, 0.3) is 11.0 Å². The fourth-order valence-electron chi connectivity index (χ4n) is 3.34. The number of benzene rings is 1. The number of fused-ring (bicyclic) bond motifs is 1. The Balaban J connectivity index is 1.36. The van der Waals surface area contributed by atoms with Gasteiger partial charge in [-0.25, -0.2) is 9.78 Å². The van der Waals surface area contributed by atoms with Gasteiger partial charge in [0.15, 0.2) is 0 Å². The number of morpholine rings is 1. The van der Waals surface area contributed by atoms with E-state index in [2.05, 4.69) is 20.5 Å². The Morgan fingerprint density at radius 1 is 1.21 bits per heavy atom. The number of ether oxygens (including phenoxy) is 1. The van der Waals surface area contributed by atoms with Gasteiger partial charge in [0.2, 0.25) is 0 Å². The average molecular weight is 380 g/mol. The molecular formula is C21H24N4O3. The lowest BCUT2D eigenvalue weighted by Crippen LogP contribution is -2.39. The molecule has 1 aromatic carbocycles. The van der Waals surface area contributed by atoms with Gasteiger partial charge in [0.05, 0.1) is 19.3 Å². The Kier molecular flexibility index (Phi) is 5.43. The van der Waals surface area contributed by atoms with Crippen LogP contribution >= 0.6 is 0 Å². The number of aromatic nitrogens is 1. The Morgan fingerprint density at radius 2 is 2.04 bits per heavy atom. The highest BCUT2D eigenvalue weighted by atomic mass is 16.5. The van der Waals surface area contributed by atoms with Crippen LogP contribution in [0.2, 0.25) is 0 Å². The van der Waals surface area contributed by atoms with Crippen LogP contribution < -0.4 is 15.5 Å². The standard InChI is InChI=1S/C21H24N4O3/c1-15(19-13-16-5-2-3-7-18(16)28-19)24-21(26)23-14-17-6-4-8-22-20(17)25-9-11-27-12-10-25/h2-8,13,15H,9-12,14H2,1H3,(H2,23,24,26)/t15-/m0/s1. The van der Waals surface area contributed by atoms with Crippen molar-refractivity contribution >= 4 is 22.8 Å². The summed E-state index contributed by atoms with van der Waals surface area (Å²) in [5.74, 6) is 1.63. The Labute approximate surface area is 163 Å². The summed E-state index contributed by atoms with van der Waals surface area (Å²) in [5.41, 5.74) is 1.80. The first-order valence-electron chi connectivity index (χ1n) is 9.50. The molecule has 2 amide bonds. The smallest absolute Gasteiger partial charge is 0.315 e. The monoisotopic (exact) mass is 380 g/mol. The molecule has 3 heterocycles. The Morgan fingerprint density at radius 3 is 2.86 bits per heavy atom. The third kappa shape index (κ3) is 4.09. The first kappa shape index (κ1) is 18.3. The highest BCUT2D eigenvalue weighted by molar-refractivity contribution is 5.78. The number of amides is 2. The maximum atomic E-state index is 12.4. The molecule has 0 bridgehead atoms. The van der Waals surface area contributed by atoms with Crippen molar-refractivity contribution in [2.75, 3.05) is 31.2 Å². The van der Waals surface area contributed by atoms with Crippen molar-refractivity contribution in [3.63, 3.8) is 0 Å². The fraction of sp³-hybridized carbons (Fsp3) is 0.333. The molecule has 146 valence electrons. The number of carbonyl (C=O) groups is 1. The summed E-state index contributed by atoms with van der Waals surface area (Å²) in [4.78, 5) is 19.1. The van der Waals surface area contributed by atoms with E-state index in [-0.39, 0.29) is 12.1 Å². The predicted octanol–water partition coefficient (Wildman–Crippen LogP) is 3.22. The molecule has 2 aromatic heterocycles. The fourth-order valence-corrected chi connectivity index (χ4v) is 3.34. The molecule has 2 N–H and O–H groups in total. The first-order valence-corrected chi connectivity index (χ1v) is 9.50. The number of nitrogens with one attached hydrogen (secondary N) is 2. The molecule has 1 aliphatic rings. The van der Waals surface area contributed by atoms with Gasteiger partial charge in [-0.15, -0.1) is 0 Å². The second-order valence-corrected chi connectivity index (χ2v) is 6.82. The van der Waals surface area contributed by atoms with Gasteiger partial charge in [0, 0.05) is 36.8 Å². The van der Waals surface area contributed by atoms with Crippen molar-refractivity contribution < 1.29 is 13.9 Å². The number of urea groups is 1. The molecule has 1 atom stereocenters. The van der Waals surface area contributed by atoms with Gasteiger partial charge in [0.25, 0.3) is 0 Å². The van der Waals surface area contributed by atoms with Crippen LogP contribution in [0.3, 0.4) is 0 Å². The molecule has 1 saturated heterocycles. The van der Waals surface area contributed by atoms with E-state index >= 15 is 0 Å². The van der Waals surface area contributed by atoms with Gasteiger partial charge < -0.3 is 24.7 Å². The molecule has 0 saturated carbocycles. The second-order valence-electron chi connectivity index (χ2n) is 6.82. The van der Waals surface area contributed by atoms with Gasteiger partial charge in [-0.05, 0) is 25.1 Å². The molecule has 28 heavy (non-hydrogen) atoms. The predicted molar refractivity (Wildman–Crippen MR) is 107 cm³/mol. The van der Waals surface area contributed by atoms with Crippen LogP contribution in [0.4, 0.5) is 10.6 Å². The summed E-state index contributed by atoms with van der Waals surface area (Å²) in [6, 6.07) is 13.2. The third-order valence-electron chi connectivity index (χ3n) is 4.84. The maximum absolute atomic E-state index is 12.4. The van der Waals surface area contributed by atoms with Crippen molar-refractivity contribution in [2.45, 2.75) is 19.5 Å². The summed E-state index contributed by atoms with van der Waals surface area (Å²) in [7, 11) is 0. The van der Waals surface area contributed by atoms with E-state index in [4.69, 9.17) is 9.15 Å². The quantitative estimate of drug-likeness (QED) is 0.710. The summed E-state index contributed by atoms with van der Waals surface area (Å²) in [6.45, 7) is 5.30. The van der Waals surface area contributed by atoms with Crippen molar-refractivity contribution in [1.82, 2.24) is 15.6 Å². The van der Waals surface area contributed by atoms with Crippen LogP contribution in [-0.4, -0.2) is 37.3 Å². The van der Waals surface area contributed by atoms with E-state index in [1.54, 1.807) is 6.20 Å². The molecule has 4 rings (SSSR count). The Hall–Kier alpha value is -3.06. The van der Waals surface area contributed by atoms with Crippen LogP contribution in [0.1, 0.15) is 24.3 Å². The van der Waals surface area contributed by atoms with E-state index in [0.717, 1.165) is 41.2 Å². The number of pyridine rings is 1. The minimum absolute atomic E-state index is 0.236. The zero-order valence-electron chi connectivity index (χ0n) is 15.9. The molecule has 3 aromatic rings. The highest BCUT2D eigenvalue weighted by Gasteiger charge is 2.17. The molecule has 1 aliphatic heterocycles. The molecule has 7 heteroatoms. The number of nitrogens with zero attached hydrogens (tertiary/aromatic N) is 2. The zero-order valence-corrected chi connectivity index (χ0v) is 15.9. The topological polar surface area (TPSA) is 79.6 Å². The van der Waals surface area contributed by atoms with E-state index < -0.39 is 0 Å². The van der Waals surface area contributed by atoms with Crippen molar-refractivity contribution in [1.29, 1.82) is 0 Å². The molecular weight excluding hydrogens is 356 g/mol. The number of anilines is 1. The Bertz CT molecular complexity index is 916. The number of hydrogen-bond acceptors (Lipinski definition) is 5. The van der Waals surface area contributed by atoms with Gasteiger partial charge in [-0.3, -0.25) is 0 Å². The molecule has 0 unspecified atom stereocenters.